The van der Waals surface area contributed by atoms with E-state index in [1.807, 2.05) is 30.3 Å². The second-order valence-electron chi connectivity index (χ2n) is 6.49. The number of para-hydroxylation sites is 1. The van der Waals surface area contributed by atoms with Crippen LogP contribution >= 0.6 is 0 Å². The normalized spacial score (nSPS) is 16.7. The van der Waals surface area contributed by atoms with Crippen LogP contribution in [0, 0.1) is 0 Å². The SMILES string of the molecule is CC(CCN1CCOCC1)c1ccc(COc2ccccc2)cc1. The second-order valence-corrected chi connectivity index (χ2v) is 6.49. The Hall–Kier alpha value is -1.84. The lowest BCUT2D eigenvalue weighted by molar-refractivity contribution is 0.0367. The van der Waals surface area contributed by atoms with Crippen molar-refractivity contribution in [1.29, 1.82) is 0 Å². The minimum atomic E-state index is 0.580. The number of nitrogens with zero attached hydrogens (tertiary/aromatic N) is 1. The zero-order valence-corrected chi connectivity index (χ0v) is 14.5. The van der Waals surface area contributed by atoms with Gasteiger partial charge in [0, 0.05) is 13.1 Å². The third-order valence-electron chi connectivity index (χ3n) is 4.68. The topological polar surface area (TPSA) is 21.7 Å². The lowest BCUT2D eigenvalue weighted by Gasteiger charge is -2.27. The molecular weight excluding hydrogens is 298 g/mol. The molecule has 0 N–H and O–H groups in total. The summed E-state index contributed by atoms with van der Waals surface area (Å²) in [6.45, 7) is 7.99. The average molecular weight is 325 g/mol. The molecule has 1 heterocycles. The number of hydrogen-bond acceptors (Lipinski definition) is 3. The fourth-order valence-corrected chi connectivity index (χ4v) is 2.99. The highest BCUT2D eigenvalue weighted by Crippen LogP contribution is 2.21. The molecule has 0 aromatic heterocycles. The van der Waals surface area contributed by atoms with Gasteiger partial charge in [-0.15, -0.1) is 0 Å². The van der Waals surface area contributed by atoms with Crippen LogP contribution in [0.5, 0.6) is 5.75 Å². The van der Waals surface area contributed by atoms with E-state index in [-0.39, 0.29) is 0 Å². The Bertz CT molecular complexity index is 591. The Kier molecular flexibility index (Phi) is 6.27. The molecule has 0 amide bonds. The summed E-state index contributed by atoms with van der Waals surface area (Å²) in [5.41, 5.74) is 2.62. The molecule has 24 heavy (non-hydrogen) atoms. The number of rotatable bonds is 7. The van der Waals surface area contributed by atoms with Gasteiger partial charge in [0.2, 0.25) is 0 Å². The monoisotopic (exact) mass is 325 g/mol. The molecule has 1 aliphatic heterocycles. The molecule has 0 aliphatic carbocycles. The Morgan fingerprint density at radius 2 is 1.71 bits per heavy atom. The molecule has 0 saturated carbocycles. The molecule has 0 bridgehead atoms. The van der Waals surface area contributed by atoms with Crippen LogP contribution in [0.4, 0.5) is 0 Å². The van der Waals surface area contributed by atoms with Gasteiger partial charge in [-0.1, -0.05) is 49.4 Å². The zero-order valence-electron chi connectivity index (χ0n) is 14.5. The van der Waals surface area contributed by atoms with Crippen LogP contribution in [-0.4, -0.2) is 37.7 Å². The average Bonchev–Trinajstić information content (AvgIpc) is 2.66. The summed E-state index contributed by atoms with van der Waals surface area (Å²) in [5, 5.41) is 0. The molecule has 3 heteroatoms. The molecule has 1 saturated heterocycles. The minimum absolute atomic E-state index is 0.580. The molecule has 2 aromatic rings. The molecule has 3 rings (SSSR count). The van der Waals surface area contributed by atoms with Crippen molar-refractivity contribution in [2.75, 3.05) is 32.8 Å². The van der Waals surface area contributed by atoms with Crippen molar-refractivity contribution in [1.82, 2.24) is 4.90 Å². The van der Waals surface area contributed by atoms with Crippen LogP contribution < -0.4 is 4.74 Å². The Morgan fingerprint density at radius 1 is 1.00 bits per heavy atom. The van der Waals surface area contributed by atoms with Crippen molar-refractivity contribution in [2.24, 2.45) is 0 Å². The maximum atomic E-state index is 5.80. The van der Waals surface area contributed by atoms with Gasteiger partial charge in [0.05, 0.1) is 13.2 Å². The van der Waals surface area contributed by atoms with Gasteiger partial charge in [-0.2, -0.15) is 0 Å². The van der Waals surface area contributed by atoms with Gasteiger partial charge in [-0.25, -0.2) is 0 Å². The van der Waals surface area contributed by atoms with Gasteiger partial charge in [0.1, 0.15) is 12.4 Å². The maximum Gasteiger partial charge on any atom is 0.119 e. The van der Waals surface area contributed by atoms with E-state index >= 15 is 0 Å². The van der Waals surface area contributed by atoms with E-state index in [1.165, 1.54) is 17.5 Å². The fraction of sp³-hybridized carbons (Fsp3) is 0.429. The first-order valence-electron chi connectivity index (χ1n) is 8.88. The number of morpholine rings is 1. The summed E-state index contributed by atoms with van der Waals surface area (Å²) in [6.07, 6.45) is 1.19. The van der Waals surface area contributed by atoms with Gasteiger partial charge in [-0.3, -0.25) is 4.90 Å². The lowest BCUT2D eigenvalue weighted by Crippen LogP contribution is -2.37. The minimum Gasteiger partial charge on any atom is -0.489 e. The molecule has 1 aliphatic rings. The molecule has 1 fully saturated rings. The van der Waals surface area contributed by atoms with Crippen molar-refractivity contribution >= 4 is 0 Å². The van der Waals surface area contributed by atoms with E-state index in [9.17, 15) is 0 Å². The summed E-state index contributed by atoms with van der Waals surface area (Å²) in [7, 11) is 0. The first-order chi connectivity index (χ1) is 11.8. The number of benzene rings is 2. The molecular formula is C21H27NO2. The first kappa shape index (κ1) is 17.0. The van der Waals surface area contributed by atoms with E-state index in [0.717, 1.165) is 38.6 Å². The van der Waals surface area contributed by atoms with E-state index < -0.39 is 0 Å². The van der Waals surface area contributed by atoms with E-state index in [4.69, 9.17) is 9.47 Å². The van der Waals surface area contributed by atoms with Gasteiger partial charge in [-0.05, 0) is 42.1 Å². The van der Waals surface area contributed by atoms with Gasteiger partial charge < -0.3 is 9.47 Å². The molecule has 1 atom stereocenters. The third kappa shape index (κ3) is 5.08. The molecule has 0 radical (unpaired) electrons. The Labute approximate surface area is 145 Å². The first-order valence-corrected chi connectivity index (χ1v) is 8.88. The van der Waals surface area contributed by atoms with Crippen LogP contribution in [0.2, 0.25) is 0 Å². The van der Waals surface area contributed by atoms with Crippen molar-refractivity contribution in [2.45, 2.75) is 25.9 Å². The fourth-order valence-electron chi connectivity index (χ4n) is 2.99. The summed E-state index contributed by atoms with van der Waals surface area (Å²) in [4.78, 5) is 2.50. The predicted molar refractivity (Wildman–Crippen MR) is 97.5 cm³/mol. The predicted octanol–water partition coefficient (Wildman–Crippen LogP) is 4.09. The van der Waals surface area contributed by atoms with Crippen molar-refractivity contribution < 1.29 is 9.47 Å². The Balaban J connectivity index is 1.46. The zero-order chi connectivity index (χ0) is 16.6. The second kappa shape index (κ2) is 8.86. The summed E-state index contributed by atoms with van der Waals surface area (Å²) in [5.74, 6) is 1.50. The van der Waals surface area contributed by atoms with Gasteiger partial charge in [0.15, 0.2) is 0 Å². The molecule has 3 nitrogen and oxygen atoms in total. The number of hydrogen-bond donors (Lipinski definition) is 0. The lowest BCUT2D eigenvalue weighted by atomic mass is 9.96. The highest BCUT2D eigenvalue weighted by atomic mass is 16.5. The summed E-state index contributed by atoms with van der Waals surface area (Å²) in [6, 6.07) is 18.8. The molecule has 0 spiro atoms. The van der Waals surface area contributed by atoms with E-state index in [1.54, 1.807) is 0 Å². The van der Waals surface area contributed by atoms with Gasteiger partial charge >= 0.3 is 0 Å². The maximum absolute atomic E-state index is 5.80. The van der Waals surface area contributed by atoms with Crippen LogP contribution in [0.25, 0.3) is 0 Å². The van der Waals surface area contributed by atoms with Crippen LogP contribution in [0.1, 0.15) is 30.4 Å². The van der Waals surface area contributed by atoms with Gasteiger partial charge in [0.25, 0.3) is 0 Å². The van der Waals surface area contributed by atoms with Crippen molar-refractivity contribution in [3.05, 3.63) is 65.7 Å². The third-order valence-corrected chi connectivity index (χ3v) is 4.68. The summed E-state index contributed by atoms with van der Waals surface area (Å²) < 4.78 is 11.2. The van der Waals surface area contributed by atoms with Crippen molar-refractivity contribution in [3.8, 4) is 5.75 Å². The Morgan fingerprint density at radius 3 is 2.42 bits per heavy atom. The van der Waals surface area contributed by atoms with Crippen LogP contribution in [-0.2, 0) is 11.3 Å². The van der Waals surface area contributed by atoms with Crippen LogP contribution in [0.3, 0.4) is 0 Å². The largest absolute Gasteiger partial charge is 0.489 e. The quantitative estimate of drug-likeness (QED) is 0.765. The molecule has 1 unspecified atom stereocenters. The summed E-state index contributed by atoms with van der Waals surface area (Å²) >= 11 is 0. The number of ether oxygens (including phenoxy) is 2. The standard InChI is InChI=1S/C21H27NO2/c1-18(11-12-22-13-15-23-16-14-22)20-9-7-19(8-10-20)17-24-21-5-3-2-4-6-21/h2-10,18H,11-17H2,1H3. The van der Waals surface area contributed by atoms with Crippen molar-refractivity contribution in [3.63, 3.8) is 0 Å². The highest BCUT2D eigenvalue weighted by molar-refractivity contribution is 5.26. The highest BCUT2D eigenvalue weighted by Gasteiger charge is 2.12. The van der Waals surface area contributed by atoms with E-state index in [0.29, 0.717) is 12.5 Å². The molecule has 128 valence electrons. The van der Waals surface area contributed by atoms with E-state index in [2.05, 4.69) is 36.1 Å². The van der Waals surface area contributed by atoms with Crippen LogP contribution in [0.15, 0.2) is 54.6 Å². The smallest absolute Gasteiger partial charge is 0.119 e. The molecule has 2 aromatic carbocycles.